The van der Waals surface area contributed by atoms with Gasteiger partial charge in [-0.1, -0.05) is 12.8 Å². The molecule has 0 aliphatic carbocycles. The second kappa shape index (κ2) is 8.21. The van der Waals surface area contributed by atoms with Gasteiger partial charge < -0.3 is 5.11 Å². The van der Waals surface area contributed by atoms with Gasteiger partial charge in [0, 0.05) is 13.2 Å². The van der Waals surface area contributed by atoms with Gasteiger partial charge in [0.1, 0.15) is 0 Å². The molecule has 2 N–H and O–H groups in total. The van der Waals surface area contributed by atoms with Gasteiger partial charge in [-0.3, -0.25) is 0 Å². The van der Waals surface area contributed by atoms with Crippen molar-refractivity contribution in [2.45, 2.75) is 25.7 Å². The summed E-state index contributed by atoms with van der Waals surface area (Å²) in [4.78, 5) is 2.55. The zero-order valence-electron chi connectivity index (χ0n) is 5.57. The molecule has 0 saturated carbocycles. The third kappa shape index (κ3) is 8.21. The molecular formula is C6H14ClNO. The van der Waals surface area contributed by atoms with Gasteiger partial charge in [-0.05, 0) is 24.6 Å². The number of nitrogens with one attached hydrogen (secondary N) is 1. The smallest absolute Gasteiger partial charge is 0.0431 e. The normalized spacial score (nSPS) is 10.0. The van der Waals surface area contributed by atoms with Crippen molar-refractivity contribution < 1.29 is 5.11 Å². The van der Waals surface area contributed by atoms with Crippen LogP contribution in [0.15, 0.2) is 0 Å². The Balaban J connectivity index is 2.60. The first-order valence-corrected chi connectivity index (χ1v) is 3.74. The summed E-state index contributed by atoms with van der Waals surface area (Å²) in [6.07, 6.45) is 4.28. The Labute approximate surface area is 61.3 Å². The minimum absolute atomic E-state index is 0.314. The van der Waals surface area contributed by atoms with Crippen LogP contribution in [0.3, 0.4) is 0 Å². The molecule has 0 aliphatic rings. The monoisotopic (exact) mass is 151 g/mol. The first-order valence-electron chi connectivity index (χ1n) is 3.36. The van der Waals surface area contributed by atoms with Gasteiger partial charge in [-0.2, -0.15) is 0 Å². The van der Waals surface area contributed by atoms with Crippen molar-refractivity contribution in [3.63, 3.8) is 0 Å². The number of aliphatic hydroxyl groups is 1. The van der Waals surface area contributed by atoms with E-state index in [4.69, 9.17) is 16.9 Å². The lowest BCUT2D eigenvalue weighted by molar-refractivity contribution is 0.282. The maximum atomic E-state index is 8.38. The van der Waals surface area contributed by atoms with Gasteiger partial charge in [0.05, 0.1) is 0 Å². The van der Waals surface area contributed by atoms with Crippen molar-refractivity contribution >= 4 is 11.8 Å². The van der Waals surface area contributed by atoms with Gasteiger partial charge in [0.25, 0.3) is 0 Å². The molecular weight excluding hydrogens is 138 g/mol. The van der Waals surface area contributed by atoms with Gasteiger partial charge in [0.2, 0.25) is 0 Å². The SMILES string of the molecule is OCCCCCCNCl. The highest BCUT2D eigenvalue weighted by Gasteiger charge is 1.86. The molecule has 0 atom stereocenters. The van der Waals surface area contributed by atoms with E-state index >= 15 is 0 Å². The molecule has 0 bridgehead atoms. The molecule has 0 aliphatic heterocycles. The third-order valence-electron chi connectivity index (χ3n) is 1.18. The van der Waals surface area contributed by atoms with E-state index in [1.807, 2.05) is 0 Å². The lowest BCUT2D eigenvalue weighted by Crippen LogP contribution is -2.00. The van der Waals surface area contributed by atoms with E-state index in [-0.39, 0.29) is 0 Å². The molecule has 2 nitrogen and oxygen atoms in total. The molecule has 0 unspecified atom stereocenters. The third-order valence-corrected chi connectivity index (χ3v) is 1.37. The van der Waals surface area contributed by atoms with E-state index in [1.54, 1.807) is 0 Å². The van der Waals surface area contributed by atoms with Crippen LogP contribution in [0.1, 0.15) is 25.7 Å². The fourth-order valence-corrected chi connectivity index (χ4v) is 0.791. The predicted octanol–water partition coefficient (Wildman–Crippen LogP) is 1.28. The van der Waals surface area contributed by atoms with E-state index in [1.165, 1.54) is 0 Å². The Hall–Kier alpha value is 0.210. The van der Waals surface area contributed by atoms with E-state index in [2.05, 4.69) is 4.84 Å². The van der Waals surface area contributed by atoms with Gasteiger partial charge in [-0.15, -0.1) is 0 Å². The number of rotatable bonds is 6. The molecule has 3 heteroatoms. The van der Waals surface area contributed by atoms with Crippen LogP contribution in [0.5, 0.6) is 0 Å². The summed E-state index contributed by atoms with van der Waals surface area (Å²) in [6, 6.07) is 0. The number of hydrogen-bond donors (Lipinski definition) is 2. The summed E-state index contributed by atoms with van der Waals surface area (Å²) < 4.78 is 0. The summed E-state index contributed by atoms with van der Waals surface area (Å²) in [5.41, 5.74) is 0. The van der Waals surface area contributed by atoms with Crippen LogP contribution in [0, 0.1) is 0 Å². The average Bonchev–Trinajstić information content (AvgIpc) is 1.89. The van der Waals surface area contributed by atoms with Crippen LogP contribution < -0.4 is 4.84 Å². The molecule has 0 rings (SSSR count). The lowest BCUT2D eigenvalue weighted by atomic mass is 10.2. The Morgan fingerprint density at radius 2 is 1.78 bits per heavy atom. The summed E-state index contributed by atoms with van der Waals surface area (Å²) in [5.74, 6) is 0. The summed E-state index contributed by atoms with van der Waals surface area (Å²) in [5, 5.41) is 8.38. The molecule has 0 amide bonds. The van der Waals surface area contributed by atoms with Crippen molar-refractivity contribution in [1.82, 2.24) is 4.84 Å². The minimum atomic E-state index is 0.314. The van der Waals surface area contributed by atoms with Crippen LogP contribution in [0.25, 0.3) is 0 Å². The van der Waals surface area contributed by atoms with E-state index in [9.17, 15) is 0 Å². The largest absolute Gasteiger partial charge is 0.396 e. The van der Waals surface area contributed by atoms with Gasteiger partial charge in [-0.25, -0.2) is 4.84 Å². The van der Waals surface area contributed by atoms with E-state index in [0.717, 1.165) is 32.2 Å². The zero-order valence-corrected chi connectivity index (χ0v) is 6.32. The predicted molar refractivity (Wildman–Crippen MR) is 39.4 cm³/mol. The first-order chi connectivity index (χ1) is 4.41. The van der Waals surface area contributed by atoms with E-state index in [0.29, 0.717) is 6.61 Å². The van der Waals surface area contributed by atoms with Crippen LogP contribution in [0.4, 0.5) is 0 Å². The Kier molecular flexibility index (Phi) is 8.40. The fourth-order valence-electron chi connectivity index (χ4n) is 0.657. The fraction of sp³-hybridized carbons (Fsp3) is 1.00. The number of unbranched alkanes of at least 4 members (excludes halogenated alkanes) is 3. The molecule has 0 fully saturated rings. The minimum Gasteiger partial charge on any atom is -0.396 e. The molecule has 0 radical (unpaired) electrons. The molecule has 0 heterocycles. The molecule has 0 saturated heterocycles. The Bertz CT molecular complexity index is 46.3. The van der Waals surface area contributed by atoms with Crippen LogP contribution in [0.2, 0.25) is 0 Å². The van der Waals surface area contributed by atoms with Gasteiger partial charge in [0.15, 0.2) is 0 Å². The van der Waals surface area contributed by atoms with Crippen LogP contribution in [-0.2, 0) is 0 Å². The Morgan fingerprint density at radius 3 is 2.33 bits per heavy atom. The standard InChI is InChI=1S/C6H14ClNO/c7-8-5-3-1-2-4-6-9/h8-9H,1-6H2. The van der Waals surface area contributed by atoms with E-state index < -0.39 is 0 Å². The summed E-state index contributed by atoms with van der Waals surface area (Å²) in [6.45, 7) is 1.18. The zero-order chi connectivity index (χ0) is 6.95. The van der Waals surface area contributed by atoms with Crippen molar-refractivity contribution in [2.75, 3.05) is 13.2 Å². The molecule has 0 aromatic carbocycles. The summed E-state index contributed by atoms with van der Waals surface area (Å²) >= 11 is 5.21. The molecule has 0 spiro atoms. The average molecular weight is 152 g/mol. The first kappa shape index (κ1) is 9.21. The molecule has 0 aromatic rings. The quantitative estimate of drug-likeness (QED) is 0.443. The molecule has 9 heavy (non-hydrogen) atoms. The topological polar surface area (TPSA) is 32.3 Å². The highest BCUT2D eigenvalue weighted by atomic mass is 35.5. The number of aliphatic hydroxyl groups excluding tert-OH is 1. The number of hydrogen-bond acceptors (Lipinski definition) is 2. The molecule has 56 valence electrons. The number of halogens is 1. The lowest BCUT2D eigenvalue weighted by Gasteiger charge is -1.96. The van der Waals surface area contributed by atoms with Crippen molar-refractivity contribution in [3.05, 3.63) is 0 Å². The van der Waals surface area contributed by atoms with Crippen molar-refractivity contribution in [2.24, 2.45) is 0 Å². The van der Waals surface area contributed by atoms with Gasteiger partial charge >= 0.3 is 0 Å². The van der Waals surface area contributed by atoms with Crippen molar-refractivity contribution in [1.29, 1.82) is 0 Å². The highest BCUT2D eigenvalue weighted by molar-refractivity contribution is 6.13. The van der Waals surface area contributed by atoms with Crippen molar-refractivity contribution in [3.8, 4) is 0 Å². The van der Waals surface area contributed by atoms with Crippen LogP contribution >= 0.6 is 11.8 Å². The second-order valence-electron chi connectivity index (χ2n) is 2.02. The van der Waals surface area contributed by atoms with Crippen LogP contribution in [-0.4, -0.2) is 18.3 Å². The summed E-state index contributed by atoms with van der Waals surface area (Å²) in [7, 11) is 0. The second-order valence-corrected chi connectivity index (χ2v) is 2.29. The molecule has 0 aromatic heterocycles. The maximum absolute atomic E-state index is 8.38. The Morgan fingerprint density at radius 1 is 1.11 bits per heavy atom. The highest BCUT2D eigenvalue weighted by Crippen LogP contribution is 1.97. The maximum Gasteiger partial charge on any atom is 0.0431 e.